The lowest BCUT2D eigenvalue weighted by atomic mass is 10.1. The minimum atomic E-state index is -1.01. The minimum Gasteiger partial charge on any atom is -0.480 e. The predicted molar refractivity (Wildman–Crippen MR) is 88.8 cm³/mol. The lowest BCUT2D eigenvalue weighted by molar-refractivity contribution is -0.141. The molecule has 0 saturated carbocycles. The molecule has 0 aromatic heterocycles. The molecule has 0 amide bonds. The van der Waals surface area contributed by atoms with E-state index in [0.717, 1.165) is 16.7 Å². The van der Waals surface area contributed by atoms with Crippen LogP contribution in [0.1, 0.15) is 16.7 Å². The smallest absolute Gasteiger partial charge is 0.327 e. The number of aryl methyl sites for hydroxylation is 1. The van der Waals surface area contributed by atoms with Gasteiger partial charge in [0.25, 0.3) is 0 Å². The summed E-state index contributed by atoms with van der Waals surface area (Å²) in [6.45, 7) is 1.97. The van der Waals surface area contributed by atoms with Crippen LogP contribution in [0, 0.1) is 18.8 Å². The van der Waals surface area contributed by atoms with Crippen LogP contribution in [0.5, 0.6) is 5.75 Å². The van der Waals surface area contributed by atoms with Crippen LogP contribution in [0.2, 0.25) is 0 Å². The summed E-state index contributed by atoms with van der Waals surface area (Å²) in [6.07, 6.45) is -0.722. The fraction of sp³-hybridized carbons (Fsp3) is 0.167. The van der Waals surface area contributed by atoms with E-state index in [1.165, 1.54) is 0 Å². The first-order chi connectivity index (χ1) is 11.6. The van der Waals surface area contributed by atoms with Crippen molar-refractivity contribution in [3.05, 3.63) is 65.2 Å². The Morgan fingerprint density at radius 2 is 1.92 bits per heavy atom. The summed E-state index contributed by atoms with van der Waals surface area (Å²) in [5.41, 5.74) is 10.7. The Kier molecular flexibility index (Phi) is 4.77. The van der Waals surface area contributed by atoms with Gasteiger partial charge in [0.1, 0.15) is 5.75 Å². The molecule has 1 saturated heterocycles. The quantitative estimate of drug-likeness (QED) is 0.635. The van der Waals surface area contributed by atoms with E-state index < -0.39 is 18.2 Å². The number of nitrogens with one attached hydrogen (secondary N) is 3. The fourth-order valence-electron chi connectivity index (χ4n) is 2.25. The Morgan fingerprint density at radius 3 is 2.67 bits per heavy atom. The zero-order valence-corrected chi connectivity index (χ0v) is 13.0. The van der Waals surface area contributed by atoms with Gasteiger partial charge in [-0.1, -0.05) is 36.1 Å². The molecule has 1 fully saturated rings. The van der Waals surface area contributed by atoms with Crippen molar-refractivity contribution in [1.29, 1.82) is 0 Å². The van der Waals surface area contributed by atoms with E-state index in [4.69, 9.17) is 9.84 Å². The minimum absolute atomic E-state index is 0.548. The van der Waals surface area contributed by atoms with Crippen LogP contribution >= 0.6 is 0 Å². The van der Waals surface area contributed by atoms with Crippen molar-refractivity contribution < 1.29 is 14.6 Å². The van der Waals surface area contributed by atoms with Crippen LogP contribution in [0.3, 0.4) is 0 Å². The third-order valence-electron chi connectivity index (χ3n) is 3.60. The number of carbonyl (C=O) groups is 1. The van der Waals surface area contributed by atoms with Gasteiger partial charge in [-0.05, 0) is 36.8 Å². The second kappa shape index (κ2) is 7.15. The van der Waals surface area contributed by atoms with Crippen molar-refractivity contribution in [2.24, 2.45) is 0 Å². The molecule has 0 spiro atoms. The third-order valence-corrected chi connectivity index (χ3v) is 3.60. The molecule has 24 heavy (non-hydrogen) atoms. The Balaban J connectivity index is 1.79. The van der Waals surface area contributed by atoms with Crippen LogP contribution in [-0.2, 0) is 4.79 Å². The van der Waals surface area contributed by atoms with Crippen LogP contribution in [0.25, 0.3) is 0 Å². The van der Waals surface area contributed by atoms with E-state index in [1.807, 2.05) is 49.4 Å². The Bertz CT molecular complexity index is 796. The van der Waals surface area contributed by atoms with E-state index in [0.29, 0.717) is 5.75 Å². The number of rotatable bonds is 3. The normalized spacial score (nSPS) is 19.4. The molecule has 6 nitrogen and oxygen atoms in total. The highest BCUT2D eigenvalue weighted by Gasteiger charge is 2.34. The van der Waals surface area contributed by atoms with Crippen molar-refractivity contribution in [2.45, 2.75) is 19.2 Å². The maximum atomic E-state index is 11.1. The number of hydrogen-bond acceptors (Lipinski definition) is 5. The van der Waals surface area contributed by atoms with Gasteiger partial charge in [0.05, 0.1) is 0 Å². The molecular formula is C18H17N3O3. The highest BCUT2D eigenvalue weighted by molar-refractivity contribution is 5.74. The maximum absolute atomic E-state index is 11.1. The number of hydrazine groups is 2. The molecule has 1 heterocycles. The number of ether oxygens (including phenoxy) is 1. The summed E-state index contributed by atoms with van der Waals surface area (Å²) in [5, 5.41) is 9.13. The number of carboxylic acid groups (broad SMARTS) is 1. The molecule has 6 heteroatoms. The van der Waals surface area contributed by atoms with Gasteiger partial charge >= 0.3 is 5.97 Å². The van der Waals surface area contributed by atoms with Crippen molar-refractivity contribution >= 4 is 5.97 Å². The van der Waals surface area contributed by atoms with Crippen LogP contribution in [0.15, 0.2) is 48.5 Å². The van der Waals surface area contributed by atoms with E-state index in [9.17, 15) is 4.79 Å². The molecular weight excluding hydrogens is 306 g/mol. The number of benzene rings is 2. The molecule has 4 N–H and O–H groups in total. The van der Waals surface area contributed by atoms with Crippen molar-refractivity contribution in [3.63, 3.8) is 0 Å². The molecule has 2 aromatic rings. The zero-order valence-electron chi connectivity index (χ0n) is 13.0. The molecule has 0 radical (unpaired) electrons. The van der Waals surface area contributed by atoms with Gasteiger partial charge in [-0.3, -0.25) is 4.79 Å². The lowest BCUT2D eigenvalue weighted by Crippen LogP contribution is -2.44. The number of carboxylic acids is 1. The summed E-state index contributed by atoms with van der Waals surface area (Å²) in [5.74, 6) is 5.78. The van der Waals surface area contributed by atoms with Gasteiger partial charge in [0.2, 0.25) is 0 Å². The van der Waals surface area contributed by atoms with E-state index in [1.54, 1.807) is 6.07 Å². The Labute approximate surface area is 139 Å². The Morgan fingerprint density at radius 1 is 1.12 bits per heavy atom. The fourth-order valence-corrected chi connectivity index (χ4v) is 2.25. The molecule has 2 unspecified atom stereocenters. The highest BCUT2D eigenvalue weighted by Crippen LogP contribution is 2.19. The van der Waals surface area contributed by atoms with Gasteiger partial charge < -0.3 is 9.84 Å². The van der Waals surface area contributed by atoms with Gasteiger partial charge in [-0.25, -0.2) is 10.9 Å². The SMILES string of the molecule is Cc1ccc(OC2NNNC2C(=O)O)cc1C#Cc1ccccc1. The maximum Gasteiger partial charge on any atom is 0.327 e. The zero-order chi connectivity index (χ0) is 16.9. The lowest BCUT2D eigenvalue weighted by Gasteiger charge is -2.17. The molecule has 3 rings (SSSR count). The van der Waals surface area contributed by atoms with E-state index in [-0.39, 0.29) is 0 Å². The van der Waals surface area contributed by atoms with Gasteiger partial charge in [-0.15, -0.1) is 0 Å². The second-order valence-corrected chi connectivity index (χ2v) is 5.36. The van der Waals surface area contributed by atoms with Gasteiger partial charge in [0, 0.05) is 11.1 Å². The van der Waals surface area contributed by atoms with Crippen LogP contribution in [0.4, 0.5) is 0 Å². The first-order valence-corrected chi connectivity index (χ1v) is 7.47. The van der Waals surface area contributed by atoms with Crippen molar-refractivity contribution in [2.75, 3.05) is 0 Å². The Hall–Kier alpha value is -2.85. The molecule has 2 aromatic carbocycles. The number of aliphatic carboxylic acids is 1. The molecule has 0 bridgehead atoms. The number of hydrogen-bond donors (Lipinski definition) is 4. The monoisotopic (exact) mass is 323 g/mol. The average Bonchev–Trinajstić information content (AvgIpc) is 3.05. The average molecular weight is 323 g/mol. The predicted octanol–water partition coefficient (Wildman–Crippen LogP) is 1.17. The standard InChI is InChI=1S/C18H17N3O3/c1-12-7-10-15(24-17-16(18(22)23)19-21-20-17)11-14(12)9-8-13-5-3-2-4-6-13/h2-7,10-11,16-17,19-21H,1H3,(H,22,23). The van der Waals surface area contributed by atoms with Crippen molar-refractivity contribution in [3.8, 4) is 17.6 Å². The highest BCUT2D eigenvalue weighted by atomic mass is 16.5. The summed E-state index contributed by atoms with van der Waals surface area (Å²) in [7, 11) is 0. The summed E-state index contributed by atoms with van der Waals surface area (Å²) in [4.78, 5) is 11.1. The summed E-state index contributed by atoms with van der Waals surface area (Å²) in [6, 6.07) is 14.3. The van der Waals surface area contributed by atoms with Crippen molar-refractivity contribution in [1.82, 2.24) is 16.4 Å². The molecule has 1 aliphatic heterocycles. The molecule has 122 valence electrons. The first kappa shape index (κ1) is 16.0. The van der Waals surface area contributed by atoms with Crippen LogP contribution < -0.4 is 21.1 Å². The third kappa shape index (κ3) is 3.73. The molecule has 2 atom stereocenters. The topological polar surface area (TPSA) is 82.6 Å². The van der Waals surface area contributed by atoms with Gasteiger partial charge in [0.15, 0.2) is 12.3 Å². The summed E-state index contributed by atoms with van der Waals surface area (Å²) < 4.78 is 5.71. The van der Waals surface area contributed by atoms with Gasteiger partial charge in [-0.2, -0.15) is 5.53 Å². The summed E-state index contributed by atoms with van der Waals surface area (Å²) >= 11 is 0. The first-order valence-electron chi connectivity index (χ1n) is 7.47. The molecule has 0 aliphatic carbocycles. The van der Waals surface area contributed by atoms with E-state index in [2.05, 4.69) is 28.2 Å². The largest absolute Gasteiger partial charge is 0.480 e. The van der Waals surface area contributed by atoms with Crippen LogP contribution in [-0.4, -0.2) is 23.3 Å². The molecule has 1 aliphatic rings. The van der Waals surface area contributed by atoms with E-state index >= 15 is 0 Å². The second-order valence-electron chi connectivity index (χ2n) is 5.36.